The predicted octanol–water partition coefficient (Wildman–Crippen LogP) is 3.57. The highest BCUT2D eigenvalue weighted by atomic mass is 32.2. The van der Waals surface area contributed by atoms with Crippen LogP contribution in [0.4, 0.5) is 5.69 Å². The maximum atomic E-state index is 13.0. The number of amides is 2. The fourth-order valence-electron chi connectivity index (χ4n) is 4.04. The number of hydrogen-bond donors (Lipinski definition) is 2. The summed E-state index contributed by atoms with van der Waals surface area (Å²) < 4.78 is 32.7. The van der Waals surface area contributed by atoms with Gasteiger partial charge < -0.3 is 15.4 Å². The molecule has 0 unspecified atom stereocenters. The van der Waals surface area contributed by atoms with Gasteiger partial charge in [0.25, 0.3) is 0 Å². The number of nitrogens with zero attached hydrogens (tertiary/aromatic N) is 1. The molecule has 2 amide bonds. The Hall–Kier alpha value is -2.91. The molecule has 0 radical (unpaired) electrons. The van der Waals surface area contributed by atoms with Crippen LogP contribution in [0.5, 0.6) is 5.75 Å². The fraction of sp³-hybridized carbons (Fsp3) is 0.462. The van der Waals surface area contributed by atoms with Crippen molar-refractivity contribution in [3.05, 3.63) is 54.1 Å². The summed E-state index contributed by atoms with van der Waals surface area (Å²) in [5.41, 5.74) is 1.61. The Labute approximate surface area is 208 Å². The van der Waals surface area contributed by atoms with Gasteiger partial charge in [0.15, 0.2) is 0 Å². The minimum atomic E-state index is -3.59. The van der Waals surface area contributed by atoms with Gasteiger partial charge in [-0.25, -0.2) is 8.42 Å². The first-order chi connectivity index (χ1) is 16.6. The molecule has 0 bridgehead atoms. The first-order valence-electron chi connectivity index (χ1n) is 12.0. The molecule has 1 fully saturated rings. The minimum Gasteiger partial charge on any atom is -0.494 e. The Bertz CT molecular complexity index is 1110. The van der Waals surface area contributed by atoms with Gasteiger partial charge in [0, 0.05) is 24.7 Å². The van der Waals surface area contributed by atoms with E-state index in [-0.39, 0.29) is 41.6 Å². The van der Waals surface area contributed by atoms with Crippen LogP contribution in [0.25, 0.3) is 0 Å². The SMILES string of the molecule is CCOc1ccc(NC(=O)[C@@H](NC(=O)C2CCN(S(=O)(=O)c3ccc(C)cc3)CC2)C(C)C)cc1. The van der Waals surface area contributed by atoms with Crippen LogP contribution in [0.15, 0.2) is 53.4 Å². The van der Waals surface area contributed by atoms with Crippen LogP contribution < -0.4 is 15.4 Å². The van der Waals surface area contributed by atoms with Crippen LogP contribution in [-0.2, 0) is 19.6 Å². The van der Waals surface area contributed by atoms with E-state index in [2.05, 4.69) is 10.6 Å². The number of nitrogens with one attached hydrogen (secondary N) is 2. The van der Waals surface area contributed by atoms with Crippen molar-refractivity contribution in [3.8, 4) is 5.75 Å². The molecule has 0 spiro atoms. The highest BCUT2D eigenvalue weighted by Crippen LogP contribution is 2.25. The van der Waals surface area contributed by atoms with Crippen LogP contribution in [0.2, 0.25) is 0 Å². The molecule has 1 aliphatic rings. The van der Waals surface area contributed by atoms with E-state index in [0.29, 0.717) is 25.1 Å². The van der Waals surface area contributed by atoms with Gasteiger partial charge in [0.05, 0.1) is 11.5 Å². The molecule has 1 saturated heterocycles. The van der Waals surface area contributed by atoms with Crippen molar-refractivity contribution in [2.24, 2.45) is 11.8 Å². The van der Waals surface area contributed by atoms with Crippen LogP contribution in [0, 0.1) is 18.8 Å². The fourth-order valence-corrected chi connectivity index (χ4v) is 5.51. The van der Waals surface area contributed by atoms with E-state index in [4.69, 9.17) is 4.74 Å². The monoisotopic (exact) mass is 501 g/mol. The summed E-state index contributed by atoms with van der Waals surface area (Å²) in [6, 6.07) is 13.1. The van der Waals surface area contributed by atoms with Crippen molar-refractivity contribution in [2.75, 3.05) is 25.0 Å². The molecule has 8 nitrogen and oxygen atoms in total. The average Bonchev–Trinajstić information content (AvgIpc) is 2.84. The number of benzene rings is 2. The number of hydrogen-bond acceptors (Lipinski definition) is 5. The Morgan fingerprint density at radius 3 is 2.17 bits per heavy atom. The highest BCUT2D eigenvalue weighted by molar-refractivity contribution is 7.89. The number of carbonyl (C=O) groups is 2. The van der Waals surface area contributed by atoms with Crippen LogP contribution in [0.1, 0.15) is 39.2 Å². The summed E-state index contributed by atoms with van der Waals surface area (Å²) in [5.74, 6) is -0.271. The third kappa shape index (κ3) is 6.82. The number of aryl methyl sites for hydroxylation is 1. The third-order valence-corrected chi connectivity index (χ3v) is 8.08. The van der Waals surface area contributed by atoms with Crippen molar-refractivity contribution >= 4 is 27.5 Å². The van der Waals surface area contributed by atoms with E-state index >= 15 is 0 Å². The van der Waals surface area contributed by atoms with Crippen LogP contribution >= 0.6 is 0 Å². The van der Waals surface area contributed by atoms with Gasteiger partial charge in [0.1, 0.15) is 11.8 Å². The minimum absolute atomic E-state index is 0.122. The second-order valence-corrected chi connectivity index (χ2v) is 11.1. The Morgan fingerprint density at radius 1 is 1.03 bits per heavy atom. The van der Waals surface area contributed by atoms with E-state index in [1.807, 2.05) is 27.7 Å². The second-order valence-electron chi connectivity index (χ2n) is 9.17. The molecule has 0 saturated carbocycles. The first-order valence-corrected chi connectivity index (χ1v) is 13.5. The van der Waals surface area contributed by atoms with E-state index < -0.39 is 16.1 Å². The molecule has 1 aliphatic heterocycles. The third-order valence-electron chi connectivity index (χ3n) is 6.16. The topological polar surface area (TPSA) is 105 Å². The maximum absolute atomic E-state index is 13.0. The predicted molar refractivity (Wildman–Crippen MR) is 136 cm³/mol. The van der Waals surface area contributed by atoms with Gasteiger partial charge in [-0.2, -0.15) is 4.31 Å². The smallest absolute Gasteiger partial charge is 0.247 e. The summed E-state index contributed by atoms with van der Waals surface area (Å²) >= 11 is 0. The van der Waals surface area contributed by atoms with E-state index in [9.17, 15) is 18.0 Å². The van der Waals surface area contributed by atoms with E-state index in [0.717, 1.165) is 11.3 Å². The van der Waals surface area contributed by atoms with Gasteiger partial charge in [-0.15, -0.1) is 0 Å². The summed E-state index contributed by atoms with van der Waals surface area (Å²) in [6.07, 6.45) is 0.810. The molecule has 35 heavy (non-hydrogen) atoms. The quantitative estimate of drug-likeness (QED) is 0.547. The van der Waals surface area contributed by atoms with Crippen molar-refractivity contribution in [3.63, 3.8) is 0 Å². The van der Waals surface area contributed by atoms with Crippen molar-refractivity contribution < 1.29 is 22.7 Å². The van der Waals surface area contributed by atoms with Crippen molar-refractivity contribution in [1.82, 2.24) is 9.62 Å². The lowest BCUT2D eigenvalue weighted by Gasteiger charge is -2.32. The summed E-state index contributed by atoms with van der Waals surface area (Å²) in [5, 5.41) is 5.74. The van der Waals surface area contributed by atoms with Gasteiger partial charge >= 0.3 is 0 Å². The second kappa shape index (κ2) is 11.7. The lowest BCUT2D eigenvalue weighted by molar-refractivity contribution is -0.130. The largest absolute Gasteiger partial charge is 0.494 e. The molecule has 190 valence electrons. The highest BCUT2D eigenvalue weighted by Gasteiger charge is 2.34. The lowest BCUT2D eigenvalue weighted by atomic mass is 9.95. The van der Waals surface area contributed by atoms with Gasteiger partial charge in [-0.1, -0.05) is 31.5 Å². The molecular formula is C26H35N3O5S. The number of anilines is 1. The molecular weight excluding hydrogens is 466 g/mol. The zero-order valence-electron chi connectivity index (χ0n) is 20.8. The zero-order chi connectivity index (χ0) is 25.6. The molecule has 1 atom stereocenters. The summed E-state index contributed by atoms with van der Waals surface area (Å²) in [4.78, 5) is 26.1. The molecule has 2 N–H and O–H groups in total. The Kier molecular flexibility index (Phi) is 8.91. The number of ether oxygens (including phenoxy) is 1. The average molecular weight is 502 g/mol. The van der Waals surface area contributed by atoms with Gasteiger partial charge in [-0.3, -0.25) is 9.59 Å². The lowest BCUT2D eigenvalue weighted by Crippen LogP contribution is -2.50. The Morgan fingerprint density at radius 2 is 1.63 bits per heavy atom. The number of rotatable bonds is 9. The maximum Gasteiger partial charge on any atom is 0.247 e. The molecule has 2 aromatic rings. The standard InChI is InChI=1S/C26H35N3O5S/c1-5-34-22-10-8-21(9-11-22)27-26(31)24(18(2)3)28-25(30)20-14-16-29(17-15-20)35(32,33)23-12-6-19(4)7-13-23/h6-13,18,20,24H,5,14-17H2,1-4H3,(H,27,31)(H,28,30)/t24-/m0/s1. The first kappa shape index (κ1) is 26.7. The number of piperidine rings is 1. The van der Waals surface area contributed by atoms with Crippen molar-refractivity contribution in [2.45, 2.75) is 51.5 Å². The van der Waals surface area contributed by atoms with Gasteiger partial charge in [0.2, 0.25) is 21.8 Å². The van der Waals surface area contributed by atoms with Gasteiger partial charge in [-0.05, 0) is 69.0 Å². The van der Waals surface area contributed by atoms with Crippen LogP contribution in [-0.4, -0.2) is 50.3 Å². The number of sulfonamides is 1. The van der Waals surface area contributed by atoms with Crippen LogP contribution in [0.3, 0.4) is 0 Å². The van der Waals surface area contributed by atoms with E-state index in [1.165, 1.54) is 4.31 Å². The molecule has 9 heteroatoms. The normalized spacial score (nSPS) is 16.0. The molecule has 0 aliphatic carbocycles. The Balaban J connectivity index is 1.57. The molecule has 2 aromatic carbocycles. The molecule has 1 heterocycles. The molecule has 0 aromatic heterocycles. The summed E-state index contributed by atoms with van der Waals surface area (Å²) in [7, 11) is -3.59. The van der Waals surface area contributed by atoms with Crippen molar-refractivity contribution in [1.29, 1.82) is 0 Å². The zero-order valence-corrected chi connectivity index (χ0v) is 21.6. The number of carbonyl (C=O) groups excluding carboxylic acids is 2. The molecule has 3 rings (SSSR count). The summed E-state index contributed by atoms with van der Waals surface area (Å²) in [6.45, 7) is 8.64. The van der Waals surface area contributed by atoms with E-state index in [1.54, 1.807) is 48.5 Å².